The second kappa shape index (κ2) is 4.17. The summed E-state index contributed by atoms with van der Waals surface area (Å²) in [6.07, 6.45) is 2.68. The summed E-state index contributed by atoms with van der Waals surface area (Å²) in [5.41, 5.74) is 1.77. The summed E-state index contributed by atoms with van der Waals surface area (Å²) in [6, 6.07) is 7.67. The van der Waals surface area contributed by atoms with Gasteiger partial charge in [0.1, 0.15) is 5.75 Å². The number of para-hydroxylation sites is 1. The topological polar surface area (TPSA) is 38.3 Å². The number of hydrogen-bond acceptors (Lipinski definition) is 2. The third-order valence-electron chi connectivity index (χ3n) is 2.44. The van der Waals surface area contributed by atoms with Gasteiger partial charge < -0.3 is 10.1 Å². The molecular weight excluding hydrogens is 190 g/mol. The number of carbonyl (C=O) groups excluding carboxylic acids is 1. The van der Waals surface area contributed by atoms with E-state index in [2.05, 4.69) is 5.32 Å². The molecule has 2 rings (SSSR count). The molecule has 1 N–H and O–H groups in total. The Kier molecular flexibility index (Phi) is 2.72. The van der Waals surface area contributed by atoms with Crippen molar-refractivity contribution in [2.75, 3.05) is 13.7 Å². The van der Waals surface area contributed by atoms with E-state index in [1.165, 1.54) is 0 Å². The molecule has 1 aromatic carbocycles. The van der Waals surface area contributed by atoms with E-state index in [1.807, 2.05) is 30.3 Å². The molecule has 0 saturated carbocycles. The fourth-order valence-corrected chi connectivity index (χ4v) is 1.65. The van der Waals surface area contributed by atoms with Crippen molar-refractivity contribution in [2.24, 2.45) is 0 Å². The Morgan fingerprint density at radius 1 is 1.40 bits per heavy atom. The maximum Gasteiger partial charge on any atom is 0.247 e. The molecule has 1 saturated heterocycles. The van der Waals surface area contributed by atoms with Crippen molar-refractivity contribution < 1.29 is 9.53 Å². The third kappa shape index (κ3) is 2.01. The Hall–Kier alpha value is -1.77. The number of rotatable bonds is 2. The van der Waals surface area contributed by atoms with Gasteiger partial charge in [0.25, 0.3) is 0 Å². The average molecular weight is 203 g/mol. The predicted molar refractivity (Wildman–Crippen MR) is 58.6 cm³/mol. The molecule has 0 unspecified atom stereocenters. The first-order chi connectivity index (χ1) is 7.31. The van der Waals surface area contributed by atoms with Gasteiger partial charge in [0.05, 0.1) is 7.11 Å². The predicted octanol–water partition coefficient (Wildman–Crippen LogP) is 1.60. The van der Waals surface area contributed by atoms with E-state index in [9.17, 15) is 4.79 Å². The highest BCUT2D eigenvalue weighted by molar-refractivity contribution is 6.00. The summed E-state index contributed by atoms with van der Waals surface area (Å²) >= 11 is 0. The van der Waals surface area contributed by atoms with Crippen molar-refractivity contribution in [1.82, 2.24) is 5.32 Å². The first kappa shape index (κ1) is 9.77. The van der Waals surface area contributed by atoms with Gasteiger partial charge in [-0.05, 0) is 18.6 Å². The molecule has 0 radical (unpaired) electrons. The van der Waals surface area contributed by atoms with Gasteiger partial charge in [0.15, 0.2) is 0 Å². The number of methoxy groups -OCH3 is 1. The lowest BCUT2D eigenvalue weighted by atomic mass is 10.1. The van der Waals surface area contributed by atoms with Crippen LogP contribution in [0.1, 0.15) is 12.0 Å². The number of nitrogens with one attached hydrogen (secondary N) is 1. The average Bonchev–Trinajstić information content (AvgIpc) is 2.65. The highest BCUT2D eigenvalue weighted by atomic mass is 16.5. The smallest absolute Gasteiger partial charge is 0.247 e. The van der Waals surface area contributed by atoms with Crippen LogP contribution in [0.5, 0.6) is 5.75 Å². The van der Waals surface area contributed by atoms with Gasteiger partial charge >= 0.3 is 0 Å². The van der Waals surface area contributed by atoms with E-state index in [0.717, 1.165) is 29.9 Å². The van der Waals surface area contributed by atoms with Crippen LogP contribution in [0.4, 0.5) is 0 Å². The molecule has 1 aliphatic rings. The van der Waals surface area contributed by atoms with Crippen molar-refractivity contribution in [3.05, 3.63) is 35.4 Å². The molecule has 1 aromatic rings. The van der Waals surface area contributed by atoms with Crippen molar-refractivity contribution >= 4 is 12.0 Å². The van der Waals surface area contributed by atoms with E-state index >= 15 is 0 Å². The van der Waals surface area contributed by atoms with Gasteiger partial charge in [0, 0.05) is 17.7 Å². The van der Waals surface area contributed by atoms with E-state index in [0.29, 0.717) is 0 Å². The summed E-state index contributed by atoms with van der Waals surface area (Å²) in [5.74, 6) is 0.825. The van der Waals surface area contributed by atoms with Gasteiger partial charge in [-0.2, -0.15) is 0 Å². The molecule has 1 amide bonds. The Bertz CT molecular complexity index is 410. The summed E-state index contributed by atoms with van der Waals surface area (Å²) < 4.78 is 5.21. The Balaban J connectivity index is 2.34. The number of carbonyl (C=O) groups is 1. The number of ether oxygens (including phenoxy) is 1. The molecule has 1 fully saturated rings. The van der Waals surface area contributed by atoms with Crippen LogP contribution in [0.2, 0.25) is 0 Å². The van der Waals surface area contributed by atoms with Gasteiger partial charge in [-0.25, -0.2) is 0 Å². The molecule has 1 heterocycles. The monoisotopic (exact) mass is 203 g/mol. The lowest BCUT2D eigenvalue weighted by Gasteiger charge is -2.04. The Labute approximate surface area is 88.8 Å². The summed E-state index contributed by atoms with van der Waals surface area (Å²) in [4.78, 5) is 11.4. The minimum atomic E-state index is 0.0286. The van der Waals surface area contributed by atoms with Crippen LogP contribution < -0.4 is 10.1 Å². The molecule has 0 aliphatic carbocycles. The standard InChI is InChI=1S/C12H13NO2/c1-15-11-5-3-2-4-9(11)8-10-6-7-13-12(10)14/h2-5,8H,6-7H2,1H3,(H,13,14). The quantitative estimate of drug-likeness (QED) is 0.741. The Morgan fingerprint density at radius 2 is 2.20 bits per heavy atom. The van der Waals surface area contributed by atoms with Crippen LogP contribution in [0.25, 0.3) is 6.08 Å². The maximum atomic E-state index is 11.4. The van der Waals surface area contributed by atoms with E-state index in [4.69, 9.17) is 4.74 Å². The normalized spacial score (nSPS) is 17.9. The second-order valence-electron chi connectivity index (χ2n) is 3.42. The SMILES string of the molecule is COc1ccccc1C=C1CCNC1=O. The largest absolute Gasteiger partial charge is 0.496 e. The lowest BCUT2D eigenvalue weighted by molar-refractivity contribution is -0.116. The van der Waals surface area contributed by atoms with Gasteiger partial charge in [-0.3, -0.25) is 4.79 Å². The molecule has 0 atom stereocenters. The van der Waals surface area contributed by atoms with Crippen LogP contribution in [0.15, 0.2) is 29.8 Å². The van der Waals surface area contributed by atoms with Gasteiger partial charge in [-0.1, -0.05) is 18.2 Å². The maximum absolute atomic E-state index is 11.4. The van der Waals surface area contributed by atoms with Gasteiger partial charge in [-0.15, -0.1) is 0 Å². The zero-order chi connectivity index (χ0) is 10.7. The Morgan fingerprint density at radius 3 is 2.87 bits per heavy atom. The minimum Gasteiger partial charge on any atom is -0.496 e. The van der Waals surface area contributed by atoms with Crippen molar-refractivity contribution in [3.63, 3.8) is 0 Å². The van der Waals surface area contributed by atoms with Crippen LogP contribution in [0, 0.1) is 0 Å². The molecule has 1 aliphatic heterocycles. The van der Waals surface area contributed by atoms with Crippen LogP contribution in [-0.2, 0) is 4.79 Å². The molecular formula is C12H13NO2. The van der Waals surface area contributed by atoms with Crippen LogP contribution in [-0.4, -0.2) is 19.6 Å². The number of benzene rings is 1. The highest BCUT2D eigenvalue weighted by Gasteiger charge is 2.16. The number of amides is 1. The molecule has 15 heavy (non-hydrogen) atoms. The van der Waals surface area contributed by atoms with Crippen molar-refractivity contribution in [3.8, 4) is 5.75 Å². The fourth-order valence-electron chi connectivity index (χ4n) is 1.65. The first-order valence-corrected chi connectivity index (χ1v) is 4.93. The molecule has 0 aromatic heterocycles. The lowest BCUT2D eigenvalue weighted by Crippen LogP contribution is -2.14. The number of hydrogen-bond donors (Lipinski definition) is 1. The second-order valence-corrected chi connectivity index (χ2v) is 3.42. The molecule has 78 valence electrons. The molecule has 0 bridgehead atoms. The highest BCUT2D eigenvalue weighted by Crippen LogP contribution is 2.22. The summed E-state index contributed by atoms with van der Waals surface area (Å²) in [6.45, 7) is 0.736. The molecule has 0 spiro atoms. The summed E-state index contributed by atoms with van der Waals surface area (Å²) in [7, 11) is 1.63. The van der Waals surface area contributed by atoms with E-state index in [-0.39, 0.29) is 5.91 Å². The van der Waals surface area contributed by atoms with Crippen LogP contribution in [0.3, 0.4) is 0 Å². The third-order valence-corrected chi connectivity index (χ3v) is 2.44. The molecule has 3 heteroatoms. The van der Waals surface area contributed by atoms with Crippen LogP contribution >= 0.6 is 0 Å². The van der Waals surface area contributed by atoms with Crippen molar-refractivity contribution in [1.29, 1.82) is 0 Å². The zero-order valence-corrected chi connectivity index (χ0v) is 8.62. The zero-order valence-electron chi connectivity index (χ0n) is 8.62. The first-order valence-electron chi connectivity index (χ1n) is 4.93. The summed E-state index contributed by atoms with van der Waals surface area (Å²) in [5, 5.41) is 2.78. The van der Waals surface area contributed by atoms with Crippen molar-refractivity contribution in [2.45, 2.75) is 6.42 Å². The van der Waals surface area contributed by atoms with E-state index < -0.39 is 0 Å². The van der Waals surface area contributed by atoms with Gasteiger partial charge in [0.2, 0.25) is 5.91 Å². The fraction of sp³-hybridized carbons (Fsp3) is 0.250. The van der Waals surface area contributed by atoms with E-state index in [1.54, 1.807) is 7.11 Å². The molecule has 3 nitrogen and oxygen atoms in total. The minimum absolute atomic E-state index is 0.0286.